The topological polar surface area (TPSA) is 113 Å². The van der Waals surface area contributed by atoms with E-state index in [2.05, 4.69) is 15.5 Å². The fourth-order valence-electron chi connectivity index (χ4n) is 2.52. The van der Waals surface area contributed by atoms with Gasteiger partial charge in [0.15, 0.2) is 18.1 Å². The molecule has 0 aliphatic rings. The van der Waals surface area contributed by atoms with Crippen molar-refractivity contribution < 1.29 is 28.2 Å². The summed E-state index contributed by atoms with van der Waals surface area (Å²) in [7, 11) is 0. The Labute approximate surface area is 173 Å². The highest BCUT2D eigenvalue weighted by atomic mass is 16.5. The van der Waals surface area contributed by atoms with Crippen LogP contribution in [0.25, 0.3) is 11.5 Å². The normalized spacial score (nSPS) is 10.3. The number of hydrogen-bond acceptors (Lipinski definition) is 8. The SMILES string of the molecule is CCOc1ccc(C(=O)OCC(=O)Nc2nnc(-c3ccccc3)o2)cc1OCC. The van der Waals surface area contributed by atoms with Crippen molar-refractivity contribution in [2.45, 2.75) is 13.8 Å². The lowest BCUT2D eigenvalue weighted by Crippen LogP contribution is -2.21. The van der Waals surface area contributed by atoms with E-state index in [1.54, 1.807) is 18.2 Å². The van der Waals surface area contributed by atoms with E-state index in [0.717, 1.165) is 5.56 Å². The number of carbonyl (C=O) groups is 2. The van der Waals surface area contributed by atoms with E-state index in [1.165, 1.54) is 12.1 Å². The lowest BCUT2D eigenvalue weighted by Gasteiger charge is -2.12. The van der Waals surface area contributed by atoms with Crippen LogP contribution in [-0.2, 0) is 9.53 Å². The van der Waals surface area contributed by atoms with Gasteiger partial charge in [-0.2, -0.15) is 0 Å². The predicted octanol–water partition coefficient (Wildman–Crippen LogP) is 3.33. The Kier molecular flexibility index (Phi) is 6.99. The van der Waals surface area contributed by atoms with Gasteiger partial charge in [0.1, 0.15) is 0 Å². The minimum atomic E-state index is -0.676. The molecule has 0 atom stereocenters. The van der Waals surface area contributed by atoms with Crippen molar-refractivity contribution >= 4 is 17.9 Å². The number of hydrogen-bond donors (Lipinski definition) is 1. The van der Waals surface area contributed by atoms with Crippen LogP contribution in [0.15, 0.2) is 52.9 Å². The third-order valence-electron chi connectivity index (χ3n) is 3.81. The molecule has 156 valence electrons. The van der Waals surface area contributed by atoms with Gasteiger partial charge in [0.05, 0.1) is 18.8 Å². The van der Waals surface area contributed by atoms with E-state index in [9.17, 15) is 9.59 Å². The summed E-state index contributed by atoms with van der Waals surface area (Å²) < 4.78 is 21.4. The maximum Gasteiger partial charge on any atom is 0.338 e. The Hall–Kier alpha value is -3.88. The zero-order chi connectivity index (χ0) is 21.3. The molecule has 0 bridgehead atoms. The van der Waals surface area contributed by atoms with Gasteiger partial charge in [0, 0.05) is 5.56 Å². The second-order valence-corrected chi connectivity index (χ2v) is 5.93. The van der Waals surface area contributed by atoms with Crippen LogP contribution in [-0.4, -0.2) is 41.9 Å². The second-order valence-electron chi connectivity index (χ2n) is 5.93. The van der Waals surface area contributed by atoms with Gasteiger partial charge in [0.2, 0.25) is 5.89 Å². The number of nitrogens with one attached hydrogen (secondary N) is 1. The van der Waals surface area contributed by atoms with Crippen molar-refractivity contribution in [1.82, 2.24) is 10.2 Å². The average molecular weight is 411 g/mol. The molecule has 0 spiro atoms. The number of amides is 1. The quantitative estimate of drug-likeness (QED) is 0.534. The molecule has 2 aromatic carbocycles. The number of aromatic nitrogens is 2. The number of anilines is 1. The monoisotopic (exact) mass is 411 g/mol. The molecule has 0 aliphatic carbocycles. The fourth-order valence-corrected chi connectivity index (χ4v) is 2.52. The van der Waals surface area contributed by atoms with E-state index < -0.39 is 18.5 Å². The molecule has 1 amide bonds. The third kappa shape index (κ3) is 5.34. The summed E-state index contributed by atoms with van der Waals surface area (Å²) in [5.41, 5.74) is 0.955. The molecule has 0 unspecified atom stereocenters. The van der Waals surface area contributed by atoms with Gasteiger partial charge in [-0.15, -0.1) is 5.10 Å². The van der Waals surface area contributed by atoms with Gasteiger partial charge < -0.3 is 18.6 Å². The molecule has 9 heteroatoms. The van der Waals surface area contributed by atoms with Gasteiger partial charge in [-0.05, 0) is 44.2 Å². The van der Waals surface area contributed by atoms with Crippen LogP contribution in [0.2, 0.25) is 0 Å². The first-order valence-electron chi connectivity index (χ1n) is 9.36. The summed E-state index contributed by atoms with van der Waals surface area (Å²) in [6.45, 7) is 4.04. The van der Waals surface area contributed by atoms with Crippen molar-refractivity contribution in [2.75, 3.05) is 25.1 Å². The Bertz CT molecular complexity index is 1000. The number of esters is 1. The molecule has 30 heavy (non-hydrogen) atoms. The molecule has 1 heterocycles. The van der Waals surface area contributed by atoms with Crippen LogP contribution in [0.3, 0.4) is 0 Å². The van der Waals surface area contributed by atoms with Crippen LogP contribution in [0.1, 0.15) is 24.2 Å². The zero-order valence-electron chi connectivity index (χ0n) is 16.6. The Morgan fingerprint density at radius 3 is 2.43 bits per heavy atom. The van der Waals surface area contributed by atoms with Crippen LogP contribution in [0, 0.1) is 0 Å². The van der Waals surface area contributed by atoms with Crippen molar-refractivity contribution in [3.8, 4) is 23.0 Å². The highest BCUT2D eigenvalue weighted by molar-refractivity contribution is 5.94. The number of ether oxygens (including phenoxy) is 3. The van der Waals surface area contributed by atoms with Gasteiger partial charge >= 0.3 is 12.0 Å². The largest absolute Gasteiger partial charge is 0.490 e. The molecule has 0 fully saturated rings. The summed E-state index contributed by atoms with van der Waals surface area (Å²) in [6.07, 6.45) is 0. The lowest BCUT2D eigenvalue weighted by atomic mass is 10.2. The van der Waals surface area contributed by atoms with Crippen LogP contribution < -0.4 is 14.8 Å². The predicted molar refractivity (Wildman–Crippen MR) is 107 cm³/mol. The molecular weight excluding hydrogens is 390 g/mol. The van der Waals surface area contributed by atoms with Gasteiger partial charge in [-0.1, -0.05) is 23.3 Å². The number of benzene rings is 2. The van der Waals surface area contributed by atoms with Crippen LogP contribution in [0.4, 0.5) is 6.01 Å². The number of rotatable bonds is 9. The maximum atomic E-state index is 12.3. The summed E-state index contributed by atoms with van der Waals surface area (Å²) >= 11 is 0. The van der Waals surface area contributed by atoms with Gasteiger partial charge in [-0.3, -0.25) is 10.1 Å². The molecule has 0 saturated heterocycles. The van der Waals surface area contributed by atoms with Crippen molar-refractivity contribution in [2.24, 2.45) is 0 Å². The van der Waals surface area contributed by atoms with E-state index in [4.69, 9.17) is 18.6 Å². The van der Waals surface area contributed by atoms with Crippen LogP contribution >= 0.6 is 0 Å². The first-order chi connectivity index (χ1) is 14.6. The van der Waals surface area contributed by atoms with E-state index in [-0.39, 0.29) is 17.5 Å². The summed E-state index contributed by atoms with van der Waals surface area (Å²) in [5, 5.41) is 10.0. The van der Waals surface area contributed by atoms with E-state index in [1.807, 2.05) is 32.0 Å². The summed E-state index contributed by atoms with van der Waals surface area (Å²) in [6, 6.07) is 13.7. The Morgan fingerprint density at radius 1 is 0.967 bits per heavy atom. The highest BCUT2D eigenvalue weighted by Crippen LogP contribution is 2.28. The van der Waals surface area contributed by atoms with Crippen molar-refractivity contribution in [1.29, 1.82) is 0 Å². The van der Waals surface area contributed by atoms with E-state index in [0.29, 0.717) is 24.7 Å². The maximum absolute atomic E-state index is 12.3. The van der Waals surface area contributed by atoms with Crippen molar-refractivity contribution in [3.05, 3.63) is 54.1 Å². The molecule has 0 aliphatic heterocycles. The summed E-state index contributed by atoms with van der Waals surface area (Å²) in [5.74, 6) is -0.0650. The minimum absolute atomic E-state index is 0.0883. The Morgan fingerprint density at radius 2 is 1.70 bits per heavy atom. The molecule has 3 aromatic rings. The van der Waals surface area contributed by atoms with Gasteiger partial charge in [0.25, 0.3) is 5.91 Å². The Balaban J connectivity index is 1.56. The highest BCUT2D eigenvalue weighted by Gasteiger charge is 2.16. The second kappa shape index (κ2) is 10.1. The van der Waals surface area contributed by atoms with Gasteiger partial charge in [-0.25, -0.2) is 4.79 Å². The fraction of sp³-hybridized carbons (Fsp3) is 0.238. The molecule has 1 aromatic heterocycles. The smallest absolute Gasteiger partial charge is 0.338 e. The van der Waals surface area contributed by atoms with Crippen molar-refractivity contribution in [3.63, 3.8) is 0 Å². The first-order valence-corrected chi connectivity index (χ1v) is 9.36. The minimum Gasteiger partial charge on any atom is -0.490 e. The molecule has 9 nitrogen and oxygen atoms in total. The number of carbonyl (C=O) groups excluding carboxylic acids is 2. The molecule has 0 saturated carbocycles. The zero-order valence-corrected chi connectivity index (χ0v) is 16.6. The lowest BCUT2D eigenvalue weighted by molar-refractivity contribution is -0.119. The van der Waals surface area contributed by atoms with Crippen LogP contribution in [0.5, 0.6) is 11.5 Å². The standard InChI is InChI=1S/C21H21N3O6/c1-3-27-16-11-10-15(12-17(16)28-4-2)20(26)29-13-18(25)22-21-24-23-19(30-21)14-8-6-5-7-9-14/h5-12H,3-4,13H2,1-2H3,(H,22,24,25). The molecule has 0 radical (unpaired) electrons. The number of nitrogens with zero attached hydrogens (tertiary/aromatic N) is 2. The third-order valence-corrected chi connectivity index (χ3v) is 3.81. The van der Waals surface area contributed by atoms with E-state index >= 15 is 0 Å². The molecule has 1 N–H and O–H groups in total. The molecule has 3 rings (SSSR count). The summed E-state index contributed by atoms with van der Waals surface area (Å²) in [4.78, 5) is 24.3. The molecular formula is C21H21N3O6. The average Bonchev–Trinajstić information content (AvgIpc) is 3.22. The first kappa shape index (κ1) is 20.8.